The Morgan fingerprint density at radius 1 is 1.39 bits per heavy atom. The van der Waals surface area contributed by atoms with E-state index in [-0.39, 0.29) is 11.7 Å². The van der Waals surface area contributed by atoms with Gasteiger partial charge in [0.05, 0.1) is 17.7 Å². The van der Waals surface area contributed by atoms with Crippen molar-refractivity contribution < 1.29 is 9.90 Å². The smallest absolute Gasteiger partial charge is 0.253 e. The number of aromatic nitrogens is 1. The zero-order valence-electron chi connectivity index (χ0n) is 10.3. The van der Waals surface area contributed by atoms with Crippen LogP contribution in [-0.2, 0) is 6.54 Å². The highest BCUT2D eigenvalue weighted by Crippen LogP contribution is 2.16. The molecule has 0 radical (unpaired) electrons. The number of carbonyl (C=O) groups excluding carboxylic acids is 1. The number of rotatable bonds is 3. The highest BCUT2D eigenvalue weighted by atomic mass is 32.1. The van der Waals surface area contributed by atoms with E-state index in [1.807, 2.05) is 6.92 Å². The zero-order valence-corrected chi connectivity index (χ0v) is 11.1. The highest BCUT2D eigenvalue weighted by molar-refractivity contribution is 7.09. The minimum atomic E-state index is -0.0669. The third kappa shape index (κ3) is 2.68. The van der Waals surface area contributed by atoms with E-state index in [1.165, 1.54) is 12.1 Å². The van der Waals surface area contributed by atoms with Crippen molar-refractivity contribution in [3.8, 4) is 5.75 Å². The highest BCUT2D eigenvalue weighted by Gasteiger charge is 2.13. The van der Waals surface area contributed by atoms with Gasteiger partial charge in [-0.3, -0.25) is 4.79 Å². The molecule has 0 atom stereocenters. The molecule has 1 N–H and O–H groups in total. The molecule has 5 heteroatoms. The van der Waals surface area contributed by atoms with Crippen LogP contribution in [0.5, 0.6) is 5.75 Å². The molecule has 1 amide bonds. The van der Waals surface area contributed by atoms with Gasteiger partial charge in [0.15, 0.2) is 0 Å². The number of hydrogen-bond acceptors (Lipinski definition) is 4. The number of benzene rings is 1. The number of carbonyl (C=O) groups is 1. The van der Waals surface area contributed by atoms with Crippen molar-refractivity contribution in [1.29, 1.82) is 0 Å². The summed E-state index contributed by atoms with van der Waals surface area (Å²) in [5.74, 6) is 0.0929. The van der Waals surface area contributed by atoms with Gasteiger partial charge in [0.25, 0.3) is 5.91 Å². The number of amides is 1. The maximum Gasteiger partial charge on any atom is 0.253 e. The maximum absolute atomic E-state index is 12.1. The number of phenols is 1. The lowest BCUT2D eigenvalue weighted by Crippen LogP contribution is -2.26. The van der Waals surface area contributed by atoms with Crippen LogP contribution in [0.4, 0.5) is 0 Å². The summed E-state index contributed by atoms with van der Waals surface area (Å²) in [4.78, 5) is 19.0. The average molecular weight is 262 g/mol. The van der Waals surface area contributed by atoms with E-state index >= 15 is 0 Å². The van der Waals surface area contributed by atoms with Crippen LogP contribution in [0.1, 0.15) is 20.9 Å². The Kier molecular flexibility index (Phi) is 3.62. The number of hydrogen-bond donors (Lipinski definition) is 1. The van der Waals surface area contributed by atoms with Crippen molar-refractivity contribution in [2.24, 2.45) is 0 Å². The van der Waals surface area contributed by atoms with Crippen LogP contribution < -0.4 is 0 Å². The van der Waals surface area contributed by atoms with Crippen molar-refractivity contribution in [3.05, 3.63) is 45.9 Å². The third-order valence-electron chi connectivity index (χ3n) is 2.69. The Labute approximate surface area is 110 Å². The number of aromatic hydroxyl groups is 1. The minimum absolute atomic E-state index is 0.0669. The lowest BCUT2D eigenvalue weighted by atomic mass is 10.2. The van der Waals surface area contributed by atoms with E-state index in [0.717, 1.165) is 10.6 Å². The van der Waals surface area contributed by atoms with Gasteiger partial charge in [-0.25, -0.2) is 4.98 Å². The quantitative estimate of drug-likeness (QED) is 0.924. The second kappa shape index (κ2) is 5.18. The van der Waals surface area contributed by atoms with Crippen LogP contribution in [-0.4, -0.2) is 27.9 Å². The molecular formula is C13H14N2O2S. The molecule has 0 unspecified atom stereocenters. The van der Waals surface area contributed by atoms with Gasteiger partial charge >= 0.3 is 0 Å². The van der Waals surface area contributed by atoms with Crippen LogP contribution in [0.15, 0.2) is 29.8 Å². The predicted molar refractivity (Wildman–Crippen MR) is 70.8 cm³/mol. The molecule has 1 heterocycles. The number of phenolic OH excluding ortho intramolecular Hbond substituents is 1. The Bertz CT molecular complexity index is 548. The number of thiazole rings is 1. The Hall–Kier alpha value is -1.88. The summed E-state index contributed by atoms with van der Waals surface area (Å²) >= 11 is 1.55. The summed E-state index contributed by atoms with van der Waals surface area (Å²) in [7, 11) is 1.76. The first-order chi connectivity index (χ1) is 8.58. The summed E-state index contributed by atoms with van der Waals surface area (Å²) in [6.45, 7) is 2.49. The van der Waals surface area contributed by atoms with E-state index in [0.29, 0.717) is 12.1 Å². The van der Waals surface area contributed by atoms with Crippen molar-refractivity contribution in [2.45, 2.75) is 13.5 Å². The minimum Gasteiger partial charge on any atom is -0.508 e. The lowest BCUT2D eigenvalue weighted by Gasteiger charge is -2.16. The number of aryl methyl sites for hydroxylation is 1. The summed E-state index contributed by atoms with van der Waals surface area (Å²) in [6, 6.07) is 6.26. The molecular weight excluding hydrogens is 248 g/mol. The molecule has 0 aliphatic carbocycles. The van der Waals surface area contributed by atoms with Gasteiger partial charge in [0.2, 0.25) is 0 Å². The molecule has 1 aromatic carbocycles. The van der Waals surface area contributed by atoms with Gasteiger partial charge in [-0.2, -0.15) is 0 Å². The Morgan fingerprint density at radius 2 is 2.06 bits per heavy atom. The van der Waals surface area contributed by atoms with Gasteiger partial charge in [-0.15, -0.1) is 11.3 Å². The zero-order chi connectivity index (χ0) is 13.1. The summed E-state index contributed by atoms with van der Waals surface area (Å²) in [6.07, 6.45) is 0. The first-order valence-corrected chi connectivity index (χ1v) is 6.39. The number of nitrogens with zero attached hydrogens (tertiary/aromatic N) is 2. The third-order valence-corrected chi connectivity index (χ3v) is 3.61. The molecule has 18 heavy (non-hydrogen) atoms. The Balaban J connectivity index is 2.09. The molecule has 1 aromatic heterocycles. The van der Waals surface area contributed by atoms with Crippen LogP contribution in [0.2, 0.25) is 0 Å². The average Bonchev–Trinajstić information content (AvgIpc) is 2.75. The van der Waals surface area contributed by atoms with Gasteiger partial charge in [0, 0.05) is 17.5 Å². The second-order valence-corrected chi connectivity index (χ2v) is 5.01. The van der Waals surface area contributed by atoms with Crippen LogP contribution in [0.3, 0.4) is 0 Å². The van der Waals surface area contributed by atoms with Crippen molar-refractivity contribution in [1.82, 2.24) is 9.88 Å². The fourth-order valence-corrected chi connectivity index (χ4v) is 2.42. The van der Waals surface area contributed by atoms with Crippen molar-refractivity contribution in [2.75, 3.05) is 7.05 Å². The SMILES string of the molecule is Cc1ncsc1CN(C)C(=O)c1ccc(O)cc1. The fraction of sp³-hybridized carbons (Fsp3) is 0.231. The molecule has 0 saturated heterocycles. The maximum atomic E-state index is 12.1. The van der Waals surface area contributed by atoms with E-state index in [1.54, 1.807) is 40.9 Å². The molecule has 0 saturated carbocycles. The molecule has 2 rings (SSSR count). The van der Waals surface area contributed by atoms with Crippen LogP contribution in [0.25, 0.3) is 0 Å². The molecule has 0 spiro atoms. The standard InChI is InChI=1S/C13H14N2O2S/c1-9-12(18-8-14-9)7-15(2)13(17)10-3-5-11(16)6-4-10/h3-6,8,16H,7H2,1-2H3. The van der Waals surface area contributed by atoms with E-state index < -0.39 is 0 Å². The summed E-state index contributed by atoms with van der Waals surface area (Å²) in [5.41, 5.74) is 3.31. The second-order valence-electron chi connectivity index (χ2n) is 4.07. The van der Waals surface area contributed by atoms with Crippen LogP contribution >= 0.6 is 11.3 Å². The largest absolute Gasteiger partial charge is 0.508 e. The van der Waals surface area contributed by atoms with Gasteiger partial charge in [0.1, 0.15) is 5.75 Å². The van der Waals surface area contributed by atoms with E-state index in [4.69, 9.17) is 0 Å². The monoisotopic (exact) mass is 262 g/mol. The molecule has 0 bridgehead atoms. The van der Waals surface area contributed by atoms with Crippen molar-refractivity contribution in [3.63, 3.8) is 0 Å². The normalized spacial score (nSPS) is 10.3. The fourth-order valence-electron chi connectivity index (χ4n) is 1.59. The predicted octanol–water partition coefficient (Wildman–Crippen LogP) is 2.43. The van der Waals surface area contributed by atoms with Crippen molar-refractivity contribution >= 4 is 17.2 Å². The Morgan fingerprint density at radius 3 is 2.61 bits per heavy atom. The molecule has 0 aliphatic heterocycles. The summed E-state index contributed by atoms with van der Waals surface area (Å²) in [5, 5.41) is 9.19. The molecule has 4 nitrogen and oxygen atoms in total. The topological polar surface area (TPSA) is 53.4 Å². The first kappa shape index (κ1) is 12.6. The molecule has 2 aromatic rings. The van der Waals surface area contributed by atoms with Crippen LogP contribution in [0, 0.1) is 6.92 Å². The van der Waals surface area contributed by atoms with E-state index in [2.05, 4.69) is 4.98 Å². The first-order valence-electron chi connectivity index (χ1n) is 5.51. The summed E-state index contributed by atoms with van der Waals surface area (Å²) < 4.78 is 0. The van der Waals surface area contributed by atoms with Gasteiger partial charge < -0.3 is 10.0 Å². The molecule has 94 valence electrons. The van der Waals surface area contributed by atoms with Gasteiger partial charge in [-0.1, -0.05) is 0 Å². The lowest BCUT2D eigenvalue weighted by molar-refractivity contribution is 0.0786. The molecule has 0 fully saturated rings. The van der Waals surface area contributed by atoms with Gasteiger partial charge in [-0.05, 0) is 31.2 Å². The van der Waals surface area contributed by atoms with E-state index in [9.17, 15) is 9.90 Å². The molecule has 0 aliphatic rings.